The second-order valence-electron chi connectivity index (χ2n) is 3.05. The molecule has 0 amide bonds. The molecule has 3 atom stereocenters. The fourth-order valence-corrected chi connectivity index (χ4v) is 3.14. The van der Waals surface area contributed by atoms with Crippen molar-refractivity contribution in [3.05, 3.63) is 0 Å². The molecular formula is C8H10O3S. The fraction of sp³-hybridized carbons (Fsp3) is 0.750. The minimum absolute atomic E-state index is 0.00551. The first-order valence-electron chi connectivity index (χ1n) is 4.06. The molecule has 0 N–H and O–H groups in total. The first-order chi connectivity index (χ1) is 5.75. The highest BCUT2D eigenvalue weighted by Gasteiger charge is 2.63. The molecule has 0 aromatic heterocycles. The maximum Gasteiger partial charge on any atom is 0.310 e. The molecule has 12 heavy (non-hydrogen) atoms. The van der Waals surface area contributed by atoms with Crippen LogP contribution in [0.5, 0.6) is 0 Å². The maximum atomic E-state index is 11.2. The molecule has 1 aliphatic heterocycles. The Kier molecular flexibility index (Phi) is 1.87. The summed E-state index contributed by atoms with van der Waals surface area (Å²) in [6.45, 7) is 2.19. The monoisotopic (exact) mass is 186 g/mol. The van der Waals surface area contributed by atoms with E-state index in [0.717, 1.165) is 0 Å². The molecule has 2 aliphatic rings. The van der Waals surface area contributed by atoms with Crippen LogP contribution in [0.2, 0.25) is 0 Å². The number of hydrogen-bond donors (Lipinski definition) is 0. The molecule has 2 fully saturated rings. The molecule has 1 aliphatic carbocycles. The number of ether oxygens (including phenoxy) is 1. The van der Waals surface area contributed by atoms with Crippen LogP contribution in [-0.2, 0) is 14.3 Å². The minimum Gasteiger partial charge on any atom is -0.466 e. The summed E-state index contributed by atoms with van der Waals surface area (Å²) in [6, 6.07) is 0. The van der Waals surface area contributed by atoms with Gasteiger partial charge in [-0.3, -0.25) is 9.59 Å². The third-order valence-electron chi connectivity index (χ3n) is 2.30. The normalized spacial score (nSPS) is 37.8. The van der Waals surface area contributed by atoms with Gasteiger partial charge < -0.3 is 4.74 Å². The molecule has 2 rings (SSSR count). The van der Waals surface area contributed by atoms with Gasteiger partial charge in [0.2, 0.25) is 0 Å². The van der Waals surface area contributed by atoms with Crippen LogP contribution < -0.4 is 0 Å². The number of carbonyl (C=O) groups excluding carboxylic acids is 2. The topological polar surface area (TPSA) is 43.4 Å². The van der Waals surface area contributed by atoms with Crippen molar-refractivity contribution in [2.24, 2.45) is 11.8 Å². The Balaban J connectivity index is 1.94. The Bertz CT molecular complexity index is 238. The van der Waals surface area contributed by atoms with Crippen molar-refractivity contribution in [1.82, 2.24) is 0 Å². The zero-order valence-corrected chi connectivity index (χ0v) is 7.60. The Hall–Kier alpha value is -0.510. The summed E-state index contributed by atoms with van der Waals surface area (Å²) in [7, 11) is 0. The Labute approximate surface area is 74.8 Å². The third kappa shape index (κ3) is 1.05. The van der Waals surface area contributed by atoms with Gasteiger partial charge in [-0.2, -0.15) is 0 Å². The van der Waals surface area contributed by atoms with E-state index < -0.39 is 0 Å². The van der Waals surface area contributed by atoms with Gasteiger partial charge in [-0.05, 0) is 6.92 Å². The van der Waals surface area contributed by atoms with E-state index in [0.29, 0.717) is 12.4 Å². The zero-order chi connectivity index (χ0) is 8.72. The zero-order valence-electron chi connectivity index (χ0n) is 6.78. The summed E-state index contributed by atoms with van der Waals surface area (Å²) in [4.78, 5) is 22.3. The highest BCUT2D eigenvalue weighted by Crippen LogP contribution is 2.54. The van der Waals surface area contributed by atoms with Crippen molar-refractivity contribution in [1.29, 1.82) is 0 Å². The first kappa shape index (κ1) is 8.10. The minimum atomic E-state index is -0.187. The summed E-state index contributed by atoms with van der Waals surface area (Å²) in [5.41, 5.74) is 0. The molecule has 0 aromatic carbocycles. The van der Waals surface area contributed by atoms with Gasteiger partial charge in [0.15, 0.2) is 0 Å². The lowest BCUT2D eigenvalue weighted by molar-refractivity contribution is -0.145. The molecule has 3 nitrogen and oxygen atoms in total. The predicted molar refractivity (Wildman–Crippen MR) is 44.9 cm³/mol. The average molecular weight is 186 g/mol. The number of fused-ring (bicyclic) bond motifs is 1. The number of rotatable bonds is 2. The molecule has 1 heterocycles. The van der Waals surface area contributed by atoms with Crippen LogP contribution in [0.1, 0.15) is 6.92 Å². The molecule has 0 bridgehead atoms. The van der Waals surface area contributed by atoms with Gasteiger partial charge in [-0.15, -0.1) is 11.8 Å². The van der Waals surface area contributed by atoms with Gasteiger partial charge in [-0.1, -0.05) is 0 Å². The highest BCUT2D eigenvalue weighted by molar-refractivity contribution is 8.01. The van der Waals surface area contributed by atoms with Crippen LogP contribution in [0.4, 0.5) is 0 Å². The summed E-state index contributed by atoms with van der Waals surface area (Å²) in [5, 5.41) is 0.247. The highest BCUT2D eigenvalue weighted by atomic mass is 32.2. The molecule has 0 spiro atoms. The van der Waals surface area contributed by atoms with Gasteiger partial charge in [0.1, 0.15) is 5.78 Å². The summed E-state index contributed by atoms with van der Waals surface area (Å²) >= 11 is 1.59. The van der Waals surface area contributed by atoms with E-state index >= 15 is 0 Å². The van der Waals surface area contributed by atoms with E-state index in [1.165, 1.54) is 0 Å². The molecule has 1 saturated carbocycles. The van der Waals surface area contributed by atoms with Crippen LogP contribution >= 0.6 is 11.8 Å². The van der Waals surface area contributed by atoms with Crippen molar-refractivity contribution in [2.45, 2.75) is 12.2 Å². The fourth-order valence-electron chi connectivity index (χ4n) is 1.67. The van der Waals surface area contributed by atoms with E-state index in [1.807, 2.05) is 0 Å². The quantitative estimate of drug-likeness (QED) is 0.588. The summed E-state index contributed by atoms with van der Waals surface area (Å²) < 4.78 is 4.85. The van der Waals surface area contributed by atoms with Crippen molar-refractivity contribution >= 4 is 23.5 Å². The van der Waals surface area contributed by atoms with Gasteiger partial charge in [0, 0.05) is 11.2 Å². The number of esters is 1. The average Bonchev–Trinajstić information content (AvgIpc) is 2.65. The van der Waals surface area contributed by atoms with Crippen molar-refractivity contribution in [3.8, 4) is 0 Å². The van der Waals surface area contributed by atoms with Crippen LogP contribution in [0.25, 0.3) is 0 Å². The lowest BCUT2D eigenvalue weighted by atomic mass is 10.2. The SMILES string of the molecule is CCOC(=O)[C@H]1C2SCC(=O)C21. The number of Topliss-reactive ketones (excluding diaryl/α,β-unsaturated/α-hetero) is 1. The van der Waals surface area contributed by atoms with Crippen molar-refractivity contribution in [3.63, 3.8) is 0 Å². The van der Waals surface area contributed by atoms with Crippen LogP contribution in [0.3, 0.4) is 0 Å². The van der Waals surface area contributed by atoms with E-state index in [1.54, 1.807) is 18.7 Å². The molecule has 0 radical (unpaired) electrons. The number of carbonyl (C=O) groups is 2. The van der Waals surface area contributed by atoms with Gasteiger partial charge in [0.05, 0.1) is 18.3 Å². The molecule has 4 heteroatoms. The number of ketones is 1. The van der Waals surface area contributed by atoms with E-state index in [-0.39, 0.29) is 28.8 Å². The second kappa shape index (κ2) is 2.76. The van der Waals surface area contributed by atoms with Gasteiger partial charge >= 0.3 is 5.97 Å². The summed E-state index contributed by atoms with van der Waals surface area (Å²) in [5.74, 6) is 0.506. The second-order valence-corrected chi connectivity index (χ2v) is 4.21. The lowest BCUT2D eigenvalue weighted by Crippen LogP contribution is -2.13. The Morgan fingerprint density at radius 2 is 2.50 bits per heavy atom. The van der Waals surface area contributed by atoms with Crippen LogP contribution in [0, 0.1) is 11.8 Å². The number of hydrogen-bond acceptors (Lipinski definition) is 4. The molecule has 0 aromatic rings. The van der Waals surface area contributed by atoms with Crippen molar-refractivity contribution < 1.29 is 14.3 Å². The van der Waals surface area contributed by atoms with Crippen LogP contribution in [0.15, 0.2) is 0 Å². The van der Waals surface area contributed by atoms with Crippen molar-refractivity contribution in [2.75, 3.05) is 12.4 Å². The largest absolute Gasteiger partial charge is 0.466 e. The number of thioether (sulfide) groups is 1. The smallest absolute Gasteiger partial charge is 0.310 e. The predicted octanol–water partition coefficient (Wildman–Crippen LogP) is 0.480. The molecule has 66 valence electrons. The third-order valence-corrected chi connectivity index (χ3v) is 3.73. The standard InChI is InChI=1S/C8H10O3S/c1-2-11-8(10)6-5-4(9)3-12-7(5)6/h5-7H,2-3H2,1H3/t5?,6-,7?/m1/s1. The first-order valence-corrected chi connectivity index (χ1v) is 5.11. The molecular weight excluding hydrogens is 176 g/mol. The molecule has 1 saturated heterocycles. The maximum absolute atomic E-state index is 11.2. The van der Waals surface area contributed by atoms with Gasteiger partial charge in [-0.25, -0.2) is 0 Å². The van der Waals surface area contributed by atoms with E-state index in [4.69, 9.17) is 4.74 Å². The Morgan fingerprint density at radius 1 is 1.75 bits per heavy atom. The Morgan fingerprint density at radius 3 is 3.00 bits per heavy atom. The van der Waals surface area contributed by atoms with Crippen LogP contribution in [-0.4, -0.2) is 29.4 Å². The summed E-state index contributed by atoms with van der Waals surface area (Å²) in [6.07, 6.45) is 0. The van der Waals surface area contributed by atoms with E-state index in [2.05, 4.69) is 0 Å². The molecule has 2 unspecified atom stereocenters. The van der Waals surface area contributed by atoms with Gasteiger partial charge in [0.25, 0.3) is 0 Å². The van der Waals surface area contributed by atoms with E-state index in [9.17, 15) is 9.59 Å². The lowest BCUT2D eigenvalue weighted by Gasteiger charge is -2.01.